The molecule has 0 fully saturated rings. The minimum Gasteiger partial charge on any atom is -0.364 e. The van der Waals surface area contributed by atoms with E-state index in [0.29, 0.717) is 5.56 Å². The SMILES string of the molecule is CNC(=O)c1c[nH]c(C(N)=O)c1. The number of hydrogen-bond acceptors (Lipinski definition) is 2. The largest absolute Gasteiger partial charge is 0.364 e. The van der Waals surface area contributed by atoms with Gasteiger partial charge >= 0.3 is 0 Å². The van der Waals surface area contributed by atoms with Crippen molar-refractivity contribution in [3.63, 3.8) is 0 Å². The first-order valence-corrected chi connectivity index (χ1v) is 3.35. The summed E-state index contributed by atoms with van der Waals surface area (Å²) in [4.78, 5) is 24.1. The maximum Gasteiger partial charge on any atom is 0.265 e. The Kier molecular flexibility index (Phi) is 2.14. The van der Waals surface area contributed by atoms with Crippen molar-refractivity contribution in [1.29, 1.82) is 0 Å². The summed E-state index contributed by atoms with van der Waals surface area (Å²) in [6, 6.07) is 1.40. The van der Waals surface area contributed by atoms with E-state index < -0.39 is 5.91 Å². The first-order chi connectivity index (χ1) is 5.65. The predicted octanol–water partition coefficient (Wildman–Crippen LogP) is -0.527. The molecule has 0 aliphatic carbocycles. The van der Waals surface area contributed by atoms with Crippen LogP contribution in [0.15, 0.2) is 12.3 Å². The highest BCUT2D eigenvalue weighted by molar-refractivity contribution is 5.98. The highest BCUT2D eigenvalue weighted by atomic mass is 16.2. The van der Waals surface area contributed by atoms with Crippen LogP contribution in [-0.4, -0.2) is 23.8 Å². The van der Waals surface area contributed by atoms with Gasteiger partial charge < -0.3 is 16.0 Å². The second-order valence-electron chi connectivity index (χ2n) is 2.25. The summed E-state index contributed by atoms with van der Waals surface area (Å²) in [5.74, 6) is -0.830. The summed E-state index contributed by atoms with van der Waals surface area (Å²) < 4.78 is 0. The molecule has 0 aliphatic heterocycles. The Labute approximate surface area is 68.9 Å². The van der Waals surface area contributed by atoms with Gasteiger partial charge in [0.25, 0.3) is 11.8 Å². The highest BCUT2D eigenvalue weighted by Crippen LogP contribution is 2.01. The van der Waals surface area contributed by atoms with Gasteiger partial charge in [-0.1, -0.05) is 0 Å². The molecule has 1 aromatic heterocycles. The molecule has 0 radical (unpaired) electrons. The average molecular weight is 167 g/mol. The fraction of sp³-hybridized carbons (Fsp3) is 0.143. The van der Waals surface area contributed by atoms with Crippen LogP contribution in [0.3, 0.4) is 0 Å². The number of carbonyl (C=O) groups is 2. The quantitative estimate of drug-likeness (QED) is 0.553. The number of rotatable bonds is 2. The van der Waals surface area contributed by atoms with Crippen molar-refractivity contribution in [2.75, 3.05) is 7.05 Å². The third-order valence-electron chi connectivity index (χ3n) is 1.44. The van der Waals surface area contributed by atoms with Gasteiger partial charge in [0.05, 0.1) is 5.56 Å². The van der Waals surface area contributed by atoms with E-state index in [4.69, 9.17) is 5.73 Å². The van der Waals surface area contributed by atoms with E-state index in [-0.39, 0.29) is 11.6 Å². The number of aromatic nitrogens is 1. The summed E-state index contributed by atoms with van der Waals surface area (Å²) in [5.41, 5.74) is 5.59. The van der Waals surface area contributed by atoms with Gasteiger partial charge in [-0.25, -0.2) is 0 Å². The molecular formula is C7H9N3O2. The van der Waals surface area contributed by atoms with Crippen LogP contribution in [0.2, 0.25) is 0 Å². The number of amides is 2. The summed E-state index contributed by atoms with van der Waals surface area (Å²) in [7, 11) is 1.51. The normalized spacial score (nSPS) is 9.42. The molecule has 4 N–H and O–H groups in total. The van der Waals surface area contributed by atoms with E-state index in [1.165, 1.54) is 19.3 Å². The zero-order valence-corrected chi connectivity index (χ0v) is 6.55. The zero-order valence-electron chi connectivity index (χ0n) is 6.55. The van der Waals surface area contributed by atoms with Crippen molar-refractivity contribution in [2.45, 2.75) is 0 Å². The van der Waals surface area contributed by atoms with Gasteiger partial charge in [0.2, 0.25) is 0 Å². The Bertz CT molecular complexity index is 316. The van der Waals surface area contributed by atoms with Crippen molar-refractivity contribution in [3.05, 3.63) is 23.5 Å². The maximum atomic E-state index is 11.0. The molecule has 0 aliphatic rings. The lowest BCUT2D eigenvalue weighted by Crippen LogP contribution is -2.17. The van der Waals surface area contributed by atoms with Crippen molar-refractivity contribution in [1.82, 2.24) is 10.3 Å². The first kappa shape index (κ1) is 8.32. The van der Waals surface area contributed by atoms with Crippen LogP contribution in [0.25, 0.3) is 0 Å². The van der Waals surface area contributed by atoms with Gasteiger partial charge in [0.1, 0.15) is 5.69 Å². The molecule has 0 saturated heterocycles. The molecule has 0 spiro atoms. The molecule has 5 nitrogen and oxygen atoms in total. The second kappa shape index (κ2) is 3.08. The molecule has 1 aromatic rings. The van der Waals surface area contributed by atoms with Crippen LogP contribution >= 0.6 is 0 Å². The fourth-order valence-corrected chi connectivity index (χ4v) is 0.812. The summed E-state index contributed by atoms with van der Waals surface area (Å²) in [6.07, 6.45) is 1.43. The number of carbonyl (C=O) groups excluding carboxylic acids is 2. The molecular weight excluding hydrogens is 158 g/mol. The van der Waals surface area contributed by atoms with E-state index >= 15 is 0 Å². The van der Waals surface area contributed by atoms with Crippen molar-refractivity contribution in [3.8, 4) is 0 Å². The Balaban J connectivity index is 2.91. The number of hydrogen-bond donors (Lipinski definition) is 3. The van der Waals surface area contributed by atoms with Gasteiger partial charge in [0, 0.05) is 13.2 Å². The standard InChI is InChI=1S/C7H9N3O2/c1-9-7(12)4-2-5(6(8)11)10-3-4/h2-3,10H,1H3,(H2,8,11)(H,9,12). The Morgan fingerprint density at radius 1 is 1.58 bits per heavy atom. The molecule has 0 bridgehead atoms. The van der Waals surface area contributed by atoms with Gasteiger partial charge in [0.15, 0.2) is 0 Å². The minimum absolute atomic E-state index is 0.230. The lowest BCUT2D eigenvalue weighted by molar-refractivity contribution is 0.0962. The molecule has 1 heterocycles. The molecule has 0 unspecified atom stereocenters. The number of primary amides is 1. The molecule has 64 valence electrons. The lowest BCUT2D eigenvalue weighted by Gasteiger charge is -1.91. The van der Waals surface area contributed by atoms with E-state index in [1.54, 1.807) is 0 Å². The van der Waals surface area contributed by atoms with Crippen molar-refractivity contribution >= 4 is 11.8 Å². The smallest absolute Gasteiger partial charge is 0.265 e. The van der Waals surface area contributed by atoms with E-state index in [1.807, 2.05) is 0 Å². The van der Waals surface area contributed by atoms with Gasteiger partial charge in [-0.3, -0.25) is 9.59 Å². The molecule has 0 saturated carbocycles. The summed E-state index contributed by atoms with van der Waals surface area (Å²) >= 11 is 0. The second-order valence-corrected chi connectivity index (χ2v) is 2.25. The number of aromatic amines is 1. The van der Waals surface area contributed by atoms with Gasteiger partial charge in [-0.2, -0.15) is 0 Å². The van der Waals surface area contributed by atoms with Crippen LogP contribution in [0.5, 0.6) is 0 Å². The summed E-state index contributed by atoms with van der Waals surface area (Å²) in [6.45, 7) is 0. The lowest BCUT2D eigenvalue weighted by atomic mass is 10.3. The molecule has 12 heavy (non-hydrogen) atoms. The molecule has 1 rings (SSSR count). The predicted molar refractivity (Wildman–Crippen MR) is 42.7 cm³/mol. The molecule has 5 heteroatoms. The third-order valence-corrected chi connectivity index (χ3v) is 1.44. The first-order valence-electron chi connectivity index (χ1n) is 3.35. The summed E-state index contributed by atoms with van der Waals surface area (Å²) in [5, 5.41) is 2.42. The Morgan fingerprint density at radius 3 is 2.67 bits per heavy atom. The maximum absolute atomic E-state index is 11.0. The van der Waals surface area contributed by atoms with Crippen LogP contribution in [-0.2, 0) is 0 Å². The topological polar surface area (TPSA) is 88.0 Å². The van der Waals surface area contributed by atoms with Crippen LogP contribution < -0.4 is 11.1 Å². The number of nitrogens with one attached hydrogen (secondary N) is 2. The average Bonchev–Trinajstić information content (AvgIpc) is 2.51. The third kappa shape index (κ3) is 1.45. The van der Waals surface area contributed by atoms with E-state index in [9.17, 15) is 9.59 Å². The molecule has 0 aromatic carbocycles. The Morgan fingerprint density at radius 2 is 2.25 bits per heavy atom. The van der Waals surface area contributed by atoms with Crippen LogP contribution in [0, 0.1) is 0 Å². The van der Waals surface area contributed by atoms with Gasteiger partial charge in [-0.05, 0) is 6.07 Å². The number of H-pyrrole nitrogens is 1. The zero-order chi connectivity index (χ0) is 9.14. The van der Waals surface area contributed by atoms with Crippen molar-refractivity contribution in [2.24, 2.45) is 5.73 Å². The highest BCUT2D eigenvalue weighted by Gasteiger charge is 2.08. The minimum atomic E-state index is -0.579. The fourth-order valence-electron chi connectivity index (χ4n) is 0.812. The monoisotopic (exact) mass is 167 g/mol. The van der Waals surface area contributed by atoms with Crippen LogP contribution in [0.1, 0.15) is 20.8 Å². The molecule has 2 amide bonds. The van der Waals surface area contributed by atoms with Crippen LogP contribution in [0.4, 0.5) is 0 Å². The Hall–Kier alpha value is -1.78. The van der Waals surface area contributed by atoms with E-state index in [0.717, 1.165) is 0 Å². The molecule has 0 atom stereocenters. The van der Waals surface area contributed by atoms with Crippen molar-refractivity contribution < 1.29 is 9.59 Å². The number of nitrogens with two attached hydrogens (primary N) is 1. The van der Waals surface area contributed by atoms with Gasteiger partial charge in [-0.15, -0.1) is 0 Å². The van der Waals surface area contributed by atoms with E-state index in [2.05, 4.69) is 10.3 Å².